The van der Waals surface area contributed by atoms with Crippen LogP contribution >= 0.6 is 0 Å². The van der Waals surface area contributed by atoms with Gasteiger partial charge in [0.05, 0.1) is 4.90 Å². The number of rotatable bonds is 7. The molecule has 1 fully saturated rings. The molecule has 0 aromatic heterocycles. The van der Waals surface area contributed by atoms with Crippen molar-refractivity contribution in [3.05, 3.63) is 60.2 Å². The van der Waals surface area contributed by atoms with Crippen LogP contribution in [0.1, 0.15) is 31.2 Å². The van der Waals surface area contributed by atoms with Crippen LogP contribution in [0.4, 0.5) is 8.78 Å². The maximum absolute atomic E-state index is 13.2. The van der Waals surface area contributed by atoms with Gasteiger partial charge in [0, 0.05) is 12.1 Å². The van der Waals surface area contributed by atoms with Crippen molar-refractivity contribution in [1.29, 1.82) is 0 Å². The second-order valence-corrected chi connectivity index (χ2v) is 8.95. The number of carbonyl (C=O) groups is 1. The number of carbonyl (C=O) groups excluding carboxylic acids is 1. The highest BCUT2D eigenvalue weighted by Crippen LogP contribution is 2.40. The summed E-state index contributed by atoms with van der Waals surface area (Å²) in [6.07, 6.45) is 1.71. The Morgan fingerprint density at radius 3 is 2.29 bits per heavy atom. The van der Waals surface area contributed by atoms with E-state index in [4.69, 9.17) is 0 Å². The molecule has 0 radical (unpaired) electrons. The highest BCUT2D eigenvalue weighted by atomic mass is 32.2. The number of sulfone groups is 1. The van der Waals surface area contributed by atoms with Crippen LogP contribution < -0.4 is 10.1 Å². The first-order chi connectivity index (χ1) is 13.4. The van der Waals surface area contributed by atoms with E-state index in [1.54, 1.807) is 36.4 Å². The fraction of sp³-hybridized carbons (Fsp3) is 0.350. The third-order valence-electron chi connectivity index (χ3n) is 5.02. The Balaban J connectivity index is 1.84. The average molecular weight is 409 g/mol. The van der Waals surface area contributed by atoms with Gasteiger partial charge in [0.1, 0.15) is 5.75 Å². The second kappa shape index (κ2) is 8.26. The second-order valence-electron chi connectivity index (χ2n) is 6.69. The van der Waals surface area contributed by atoms with Crippen LogP contribution in [0.2, 0.25) is 0 Å². The van der Waals surface area contributed by atoms with Gasteiger partial charge in [-0.3, -0.25) is 4.79 Å². The van der Waals surface area contributed by atoms with E-state index in [0.717, 1.165) is 0 Å². The number of amides is 1. The van der Waals surface area contributed by atoms with Gasteiger partial charge in [0.15, 0.2) is 14.6 Å². The predicted octanol–water partition coefficient (Wildman–Crippen LogP) is 3.69. The molecule has 0 saturated heterocycles. The summed E-state index contributed by atoms with van der Waals surface area (Å²) in [6, 6.07) is 14.0. The summed E-state index contributed by atoms with van der Waals surface area (Å²) < 4.78 is 54.5. The van der Waals surface area contributed by atoms with Gasteiger partial charge in [-0.15, -0.1) is 0 Å². The molecule has 2 aromatic carbocycles. The summed E-state index contributed by atoms with van der Waals surface area (Å²) in [7, 11) is -3.90. The molecule has 1 saturated carbocycles. The number of para-hydroxylation sites is 1. The Morgan fingerprint density at radius 1 is 1.04 bits per heavy atom. The third kappa shape index (κ3) is 3.87. The average Bonchev–Trinajstić information content (AvgIpc) is 3.19. The van der Waals surface area contributed by atoms with E-state index in [9.17, 15) is 22.0 Å². The standard InChI is InChI=1S/C20H21F2NO4S/c21-19(22)27-17-11-5-4-8-15(17)14-23-18(24)20(12-6-7-13-20)28(25,26)16-9-2-1-3-10-16/h1-5,8-11,19H,6-7,12-14H2,(H,23,24). The molecule has 5 nitrogen and oxygen atoms in total. The largest absolute Gasteiger partial charge is 0.434 e. The van der Waals surface area contributed by atoms with Gasteiger partial charge in [-0.05, 0) is 31.0 Å². The van der Waals surface area contributed by atoms with Crippen LogP contribution in [0, 0.1) is 0 Å². The van der Waals surface area contributed by atoms with E-state index in [-0.39, 0.29) is 30.0 Å². The molecule has 1 amide bonds. The van der Waals surface area contributed by atoms with E-state index >= 15 is 0 Å². The van der Waals surface area contributed by atoms with Gasteiger partial charge in [0.2, 0.25) is 5.91 Å². The van der Waals surface area contributed by atoms with E-state index in [2.05, 4.69) is 10.1 Å². The van der Waals surface area contributed by atoms with Crippen molar-refractivity contribution in [2.75, 3.05) is 0 Å². The zero-order valence-electron chi connectivity index (χ0n) is 15.1. The molecule has 1 N–H and O–H groups in total. The lowest BCUT2D eigenvalue weighted by molar-refractivity contribution is -0.123. The number of benzene rings is 2. The SMILES string of the molecule is O=C(NCc1ccccc1OC(F)F)C1(S(=O)(=O)c2ccccc2)CCCC1. The lowest BCUT2D eigenvalue weighted by atomic mass is 10.1. The summed E-state index contributed by atoms with van der Waals surface area (Å²) in [5, 5.41) is 2.63. The first kappa shape index (κ1) is 20.3. The highest BCUT2D eigenvalue weighted by molar-refractivity contribution is 7.93. The number of ether oxygens (including phenoxy) is 1. The quantitative estimate of drug-likeness (QED) is 0.757. The van der Waals surface area contributed by atoms with Crippen molar-refractivity contribution in [3.8, 4) is 5.75 Å². The van der Waals surface area contributed by atoms with Crippen LogP contribution in [-0.2, 0) is 21.2 Å². The maximum Gasteiger partial charge on any atom is 0.387 e. The summed E-state index contributed by atoms with van der Waals surface area (Å²) >= 11 is 0. The van der Waals surface area contributed by atoms with Crippen molar-refractivity contribution in [2.24, 2.45) is 0 Å². The Hall–Kier alpha value is -2.48. The van der Waals surface area contributed by atoms with Gasteiger partial charge < -0.3 is 10.1 Å². The number of hydrogen-bond donors (Lipinski definition) is 1. The predicted molar refractivity (Wildman–Crippen MR) is 99.7 cm³/mol. The van der Waals surface area contributed by atoms with Crippen LogP contribution in [0.3, 0.4) is 0 Å². The molecule has 0 heterocycles. The minimum Gasteiger partial charge on any atom is -0.434 e. The van der Waals surface area contributed by atoms with Gasteiger partial charge in [0.25, 0.3) is 0 Å². The third-order valence-corrected chi connectivity index (χ3v) is 7.54. The van der Waals surface area contributed by atoms with Crippen molar-refractivity contribution in [1.82, 2.24) is 5.32 Å². The normalized spacial score (nSPS) is 16.1. The summed E-state index contributed by atoms with van der Waals surface area (Å²) in [5.74, 6) is -0.662. The fourth-order valence-corrected chi connectivity index (χ4v) is 5.70. The van der Waals surface area contributed by atoms with Crippen molar-refractivity contribution >= 4 is 15.7 Å². The molecular weight excluding hydrogens is 388 g/mol. The first-order valence-electron chi connectivity index (χ1n) is 8.97. The van der Waals surface area contributed by atoms with E-state index < -0.39 is 27.1 Å². The molecule has 2 aromatic rings. The smallest absolute Gasteiger partial charge is 0.387 e. The maximum atomic E-state index is 13.2. The molecule has 1 aliphatic carbocycles. The summed E-state index contributed by atoms with van der Waals surface area (Å²) in [4.78, 5) is 13.1. The van der Waals surface area contributed by atoms with Crippen LogP contribution in [0.25, 0.3) is 0 Å². The van der Waals surface area contributed by atoms with Gasteiger partial charge in [-0.2, -0.15) is 8.78 Å². The van der Waals surface area contributed by atoms with Gasteiger partial charge in [-0.1, -0.05) is 49.2 Å². The monoisotopic (exact) mass is 409 g/mol. The zero-order chi connectivity index (χ0) is 20.2. The van der Waals surface area contributed by atoms with E-state index in [0.29, 0.717) is 18.4 Å². The Morgan fingerprint density at radius 2 is 1.64 bits per heavy atom. The Kier molecular flexibility index (Phi) is 5.98. The molecular formula is C20H21F2NO4S. The molecule has 1 aliphatic rings. The lowest BCUT2D eigenvalue weighted by Crippen LogP contribution is -2.50. The molecule has 28 heavy (non-hydrogen) atoms. The first-order valence-corrected chi connectivity index (χ1v) is 10.5. The molecule has 3 rings (SSSR count). The van der Waals surface area contributed by atoms with Gasteiger partial charge in [-0.25, -0.2) is 8.42 Å². The molecule has 0 unspecified atom stereocenters. The number of nitrogens with one attached hydrogen (secondary N) is 1. The van der Waals surface area contributed by atoms with E-state index in [1.807, 2.05) is 0 Å². The van der Waals surface area contributed by atoms with Gasteiger partial charge >= 0.3 is 6.61 Å². The number of alkyl halides is 2. The minimum atomic E-state index is -3.90. The Bertz CT molecular complexity index is 926. The Labute approximate surface area is 162 Å². The van der Waals surface area contributed by atoms with Crippen molar-refractivity contribution in [2.45, 2.75) is 48.5 Å². The topological polar surface area (TPSA) is 72.5 Å². The minimum absolute atomic E-state index is 0.0517. The van der Waals surface area contributed by atoms with E-state index in [1.165, 1.54) is 18.2 Å². The number of halogens is 2. The zero-order valence-corrected chi connectivity index (χ0v) is 15.9. The van der Waals surface area contributed by atoms with Crippen molar-refractivity contribution in [3.63, 3.8) is 0 Å². The molecule has 0 aliphatic heterocycles. The number of hydrogen-bond acceptors (Lipinski definition) is 4. The van der Waals surface area contributed by atoms with Crippen LogP contribution in [-0.4, -0.2) is 25.7 Å². The molecule has 0 atom stereocenters. The summed E-state index contributed by atoms with van der Waals surface area (Å²) in [6.45, 7) is -3.09. The van der Waals surface area contributed by atoms with Crippen molar-refractivity contribution < 1.29 is 26.7 Å². The van der Waals surface area contributed by atoms with Crippen LogP contribution in [0.5, 0.6) is 5.75 Å². The molecule has 8 heteroatoms. The molecule has 150 valence electrons. The fourth-order valence-electron chi connectivity index (χ4n) is 3.59. The molecule has 0 spiro atoms. The molecule has 0 bridgehead atoms. The summed E-state index contributed by atoms with van der Waals surface area (Å²) in [5.41, 5.74) is 0.349. The highest BCUT2D eigenvalue weighted by Gasteiger charge is 2.52. The lowest BCUT2D eigenvalue weighted by Gasteiger charge is -2.28. The van der Waals surface area contributed by atoms with Crippen LogP contribution in [0.15, 0.2) is 59.5 Å².